The van der Waals surface area contributed by atoms with Crippen molar-refractivity contribution in [1.82, 2.24) is 0 Å². The number of hydrogen-bond acceptors (Lipinski definition) is 0. The number of unbranched alkanes of at least 4 members (excludes halogenated alkanes) is 1. The van der Waals surface area contributed by atoms with E-state index in [1.165, 1.54) is 14.3 Å². The van der Waals surface area contributed by atoms with E-state index in [1.807, 2.05) is 0 Å². The first-order chi connectivity index (χ1) is 8.42. The Morgan fingerprint density at radius 1 is 0.765 bits per heavy atom. The zero-order chi connectivity index (χ0) is 11.9. The van der Waals surface area contributed by atoms with Gasteiger partial charge in [0, 0.05) is 0 Å². The van der Waals surface area contributed by atoms with Gasteiger partial charge in [-0.25, -0.2) is 0 Å². The molecule has 17 heavy (non-hydrogen) atoms. The van der Waals surface area contributed by atoms with E-state index in [0.29, 0.717) is 0 Å². The summed E-state index contributed by atoms with van der Waals surface area (Å²) in [6.07, 6.45) is 19.0. The molecule has 0 aromatic rings. The van der Waals surface area contributed by atoms with Gasteiger partial charge in [0.15, 0.2) is 0 Å². The number of hydrogen-bond donors (Lipinski definition) is 0. The zero-order valence-electron chi connectivity index (χ0n) is 11.8. The third kappa shape index (κ3) is 4.44. The van der Waals surface area contributed by atoms with Crippen LogP contribution in [0.5, 0.6) is 0 Å². The van der Waals surface area contributed by atoms with Gasteiger partial charge in [0.1, 0.15) is 0 Å². The Bertz CT molecular complexity index is 172. The van der Waals surface area contributed by atoms with Crippen molar-refractivity contribution in [2.45, 2.75) is 96.3 Å². The summed E-state index contributed by atoms with van der Waals surface area (Å²) in [5.41, 5.74) is 0. The SMILES string of the molecule is CCC[CH2][Sn]([CH]1CCCCC1)[CH]1CCCCC1. The minimum absolute atomic E-state index is 1.05. The normalized spacial score (nSPS) is 24.4. The molecule has 0 heterocycles. The van der Waals surface area contributed by atoms with Crippen LogP contribution in [0.1, 0.15) is 84.0 Å². The number of rotatable bonds is 5. The zero-order valence-corrected chi connectivity index (χ0v) is 14.7. The Kier molecular flexibility index (Phi) is 6.74. The second-order valence-corrected chi connectivity index (χ2v) is 15.7. The summed E-state index contributed by atoms with van der Waals surface area (Å²) in [5, 5.41) is 0. The molecule has 2 saturated carbocycles. The molecule has 1 radical (unpaired) electrons. The van der Waals surface area contributed by atoms with Gasteiger partial charge in [-0.3, -0.25) is 0 Å². The van der Waals surface area contributed by atoms with Crippen LogP contribution >= 0.6 is 0 Å². The van der Waals surface area contributed by atoms with Crippen LogP contribution in [0.15, 0.2) is 0 Å². The molecule has 0 amide bonds. The van der Waals surface area contributed by atoms with Crippen molar-refractivity contribution in [3.05, 3.63) is 0 Å². The van der Waals surface area contributed by atoms with Crippen molar-refractivity contribution in [3.8, 4) is 0 Å². The topological polar surface area (TPSA) is 0 Å². The Balaban J connectivity index is 1.90. The van der Waals surface area contributed by atoms with Crippen LogP contribution in [0.2, 0.25) is 12.3 Å². The molecule has 0 aromatic carbocycles. The van der Waals surface area contributed by atoms with E-state index in [9.17, 15) is 0 Å². The van der Waals surface area contributed by atoms with Crippen molar-refractivity contribution in [2.75, 3.05) is 0 Å². The van der Waals surface area contributed by atoms with E-state index in [1.54, 1.807) is 75.1 Å². The predicted octanol–water partition coefficient (Wildman–Crippen LogP) is 5.95. The maximum absolute atomic E-state index is 2.39. The molecule has 2 aliphatic carbocycles. The molecular weight excluding hydrogens is 311 g/mol. The first-order valence-electron chi connectivity index (χ1n) is 8.27. The van der Waals surface area contributed by atoms with E-state index in [0.717, 1.165) is 0 Å². The average Bonchev–Trinajstić information content (AvgIpc) is 2.42. The van der Waals surface area contributed by atoms with E-state index in [2.05, 4.69) is 6.92 Å². The van der Waals surface area contributed by atoms with E-state index in [-0.39, 0.29) is 0 Å². The quantitative estimate of drug-likeness (QED) is 0.542. The van der Waals surface area contributed by atoms with Crippen molar-refractivity contribution < 1.29 is 0 Å². The van der Waals surface area contributed by atoms with Crippen molar-refractivity contribution in [2.24, 2.45) is 0 Å². The summed E-state index contributed by atoms with van der Waals surface area (Å²) >= 11 is -1.05. The van der Waals surface area contributed by atoms with Crippen LogP contribution in [0.25, 0.3) is 0 Å². The van der Waals surface area contributed by atoms with Gasteiger partial charge >= 0.3 is 116 Å². The molecular formula is C16H31Sn. The van der Waals surface area contributed by atoms with Crippen molar-refractivity contribution in [3.63, 3.8) is 0 Å². The molecule has 0 atom stereocenters. The van der Waals surface area contributed by atoms with Gasteiger partial charge in [0.05, 0.1) is 0 Å². The molecule has 0 unspecified atom stereocenters. The molecule has 0 spiro atoms. The second kappa shape index (κ2) is 8.07. The molecule has 1 heteroatoms. The third-order valence-corrected chi connectivity index (χ3v) is 17.0. The molecule has 0 N–H and O–H groups in total. The van der Waals surface area contributed by atoms with Crippen LogP contribution in [-0.2, 0) is 0 Å². The first-order valence-corrected chi connectivity index (χ1v) is 13.6. The Morgan fingerprint density at radius 3 is 1.65 bits per heavy atom. The van der Waals surface area contributed by atoms with Gasteiger partial charge in [-0.15, -0.1) is 0 Å². The molecule has 0 saturated heterocycles. The van der Waals surface area contributed by atoms with Crippen LogP contribution in [0.4, 0.5) is 0 Å². The summed E-state index contributed by atoms with van der Waals surface area (Å²) in [4.78, 5) is 0. The van der Waals surface area contributed by atoms with Gasteiger partial charge in [0.25, 0.3) is 0 Å². The Morgan fingerprint density at radius 2 is 1.24 bits per heavy atom. The third-order valence-electron chi connectivity index (χ3n) is 5.08. The summed E-state index contributed by atoms with van der Waals surface area (Å²) in [5.74, 6) is 0. The summed E-state index contributed by atoms with van der Waals surface area (Å²) in [7, 11) is 0. The van der Waals surface area contributed by atoms with E-state index < -0.39 is 19.8 Å². The van der Waals surface area contributed by atoms with E-state index >= 15 is 0 Å². The van der Waals surface area contributed by atoms with Crippen LogP contribution in [0, 0.1) is 0 Å². The Hall–Kier alpha value is 0.799. The molecule has 0 nitrogen and oxygen atoms in total. The van der Waals surface area contributed by atoms with Crippen LogP contribution in [0.3, 0.4) is 0 Å². The Labute approximate surface area is 116 Å². The predicted molar refractivity (Wildman–Crippen MR) is 79.1 cm³/mol. The first kappa shape index (κ1) is 14.2. The maximum atomic E-state index is 2.39. The molecule has 99 valence electrons. The molecule has 2 aliphatic rings. The van der Waals surface area contributed by atoms with Gasteiger partial charge in [-0.05, 0) is 0 Å². The van der Waals surface area contributed by atoms with Crippen LogP contribution in [-0.4, -0.2) is 19.8 Å². The van der Waals surface area contributed by atoms with Crippen LogP contribution < -0.4 is 0 Å². The molecule has 0 aliphatic heterocycles. The average molecular weight is 342 g/mol. The summed E-state index contributed by atoms with van der Waals surface area (Å²) < 4.78 is 4.36. The fourth-order valence-electron chi connectivity index (χ4n) is 4.07. The van der Waals surface area contributed by atoms with Crippen molar-refractivity contribution in [1.29, 1.82) is 0 Å². The second-order valence-electron chi connectivity index (χ2n) is 6.35. The molecule has 0 bridgehead atoms. The molecule has 2 fully saturated rings. The fraction of sp³-hybridized carbons (Fsp3) is 1.00. The van der Waals surface area contributed by atoms with Gasteiger partial charge in [-0.2, -0.15) is 0 Å². The molecule has 2 rings (SSSR count). The van der Waals surface area contributed by atoms with Gasteiger partial charge in [0.2, 0.25) is 0 Å². The molecule has 0 aromatic heterocycles. The van der Waals surface area contributed by atoms with Gasteiger partial charge in [-0.1, -0.05) is 0 Å². The summed E-state index contributed by atoms with van der Waals surface area (Å²) in [6, 6.07) is 0. The van der Waals surface area contributed by atoms with Crippen molar-refractivity contribution >= 4 is 19.8 Å². The fourth-order valence-corrected chi connectivity index (χ4v) is 17.0. The van der Waals surface area contributed by atoms with Gasteiger partial charge < -0.3 is 0 Å². The standard InChI is InChI=1S/2C6H11.C4H9.Sn/c2*1-2-4-6-5-3-1;1-3-4-2;/h2*1H,2-6H2;1,3-4H2,2H3;. The minimum atomic E-state index is -1.05. The van der Waals surface area contributed by atoms with E-state index in [4.69, 9.17) is 0 Å². The summed E-state index contributed by atoms with van der Waals surface area (Å²) in [6.45, 7) is 2.39. The monoisotopic (exact) mass is 343 g/mol.